The molecule has 0 aromatic heterocycles. The third-order valence-corrected chi connectivity index (χ3v) is 5.92. The maximum atomic E-state index is 13.1. The first-order valence-electron chi connectivity index (χ1n) is 9.09. The van der Waals surface area contributed by atoms with Crippen molar-refractivity contribution in [2.75, 3.05) is 5.75 Å². The molecule has 0 N–H and O–H groups in total. The van der Waals surface area contributed by atoms with Crippen LogP contribution in [0.25, 0.3) is 6.08 Å². The van der Waals surface area contributed by atoms with Crippen LogP contribution in [-0.4, -0.2) is 34.7 Å². The average molecular weight is 416 g/mol. The largest absolute Gasteiger partial charge is 0.461 e. The Kier molecular flexibility index (Phi) is 6.81. The molecule has 28 heavy (non-hydrogen) atoms. The number of carbonyl (C=O) groups is 2. The van der Waals surface area contributed by atoms with Crippen LogP contribution in [0.1, 0.15) is 30.3 Å². The number of thioether (sulfide) groups is 1. The van der Waals surface area contributed by atoms with Crippen LogP contribution in [0.15, 0.2) is 60.7 Å². The Labute approximate surface area is 174 Å². The van der Waals surface area contributed by atoms with Gasteiger partial charge in [0.1, 0.15) is 11.4 Å². The first kappa shape index (κ1) is 20.5. The summed E-state index contributed by atoms with van der Waals surface area (Å²) in [5, 5.41) is 0.231. The summed E-state index contributed by atoms with van der Waals surface area (Å²) in [6.07, 6.45) is 3.01. The molecule has 146 valence electrons. The maximum Gasteiger partial charge on any atom is 0.330 e. The van der Waals surface area contributed by atoms with Crippen LogP contribution in [0.5, 0.6) is 0 Å². The molecule has 2 aromatic carbocycles. The van der Waals surface area contributed by atoms with Gasteiger partial charge in [-0.3, -0.25) is 4.79 Å². The van der Waals surface area contributed by atoms with Crippen LogP contribution in [0, 0.1) is 0 Å². The van der Waals surface area contributed by atoms with Gasteiger partial charge in [0, 0.05) is 22.4 Å². The molecule has 1 saturated heterocycles. The van der Waals surface area contributed by atoms with E-state index in [4.69, 9.17) is 16.3 Å². The number of benzene rings is 2. The number of nitrogens with zero attached hydrogens (tertiary/aromatic N) is 1. The highest BCUT2D eigenvalue weighted by atomic mass is 35.5. The van der Waals surface area contributed by atoms with Crippen molar-refractivity contribution < 1.29 is 14.3 Å². The molecule has 2 aromatic rings. The lowest BCUT2D eigenvalue weighted by atomic mass is 10.1. The molecular weight excluding hydrogens is 394 g/mol. The van der Waals surface area contributed by atoms with Crippen LogP contribution in [0.2, 0.25) is 5.02 Å². The molecule has 0 bridgehead atoms. The van der Waals surface area contributed by atoms with Gasteiger partial charge in [-0.05, 0) is 31.6 Å². The summed E-state index contributed by atoms with van der Waals surface area (Å²) in [4.78, 5) is 27.3. The van der Waals surface area contributed by atoms with E-state index in [1.165, 1.54) is 17.8 Å². The molecule has 1 amide bonds. The molecule has 1 heterocycles. The maximum absolute atomic E-state index is 13.1. The highest BCUT2D eigenvalue weighted by Gasteiger charge is 2.43. The lowest BCUT2D eigenvalue weighted by molar-refractivity contribution is -0.156. The lowest BCUT2D eigenvalue weighted by Gasteiger charge is -2.28. The Morgan fingerprint density at radius 3 is 2.50 bits per heavy atom. The first-order valence-corrected chi connectivity index (χ1v) is 10.5. The molecule has 1 aliphatic heterocycles. The van der Waals surface area contributed by atoms with Gasteiger partial charge in [0.05, 0.1) is 6.10 Å². The summed E-state index contributed by atoms with van der Waals surface area (Å²) in [5.41, 5.74) is 1.73. The van der Waals surface area contributed by atoms with E-state index in [0.717, 1.165) is 11.1 Å². The van der Waals surface area contributed by atoms with Gasteiger partial charge >= 0.3 is 5.97 Å². The van der Waals surface area contributed by atoms with Gasteiger partial charge in [0.25, 0.3) is 0 Å². The van der Waals surface area contributed by atoms with E-state index in [-0.39, 0.29) is 17.4 Å². The standard InChI is InChI=1S/C22H22ClNO3S/c1-15(2)27-22(26)19-14-28-21(17-10-6-7-11-18(17)23)24(19)20(25)13-12-16-8-4-3-5-9-16/h3-13,15,19,21H,14H2,1-2H3/b13-12+/t19-,21+/m1/s1. The monoisotopic (exact) mass is 415 g/mol. The molecule has 0 spiro atoms. The van der Waals surface area contributed by atoms with Crippen molar-refractivity contribution in [1.29, 1.82) is 0 Å². The van der Waals surface area contributed by atoms with Gasteiger partial charge in [-0.1, -0.05) is 60.1 Å². The van der Waals surface area contributed by atoms with Crippen molar-refractivity contribution in [2.45, 2.75) is 31.4 Å². The van der Waals surface area contributed by atoms with Gasteiger partial charge in [0.15, 0.2) is 0 Å². The fourth-order valence-electron chi connectivity index (χ4n) is 3.00. The fourth-order valence-corrected chi connectivity index (χ4v) is 4.76. The van der Waals surface area contributed by atoms with Crippen LogP contribution >= 0.6 is 23.4 Å². The predicted molar refractivity (Wildman–Crippen MR) is 114 cm³/mol. The molecular formula is C22H22ClNO3S. The van der Waals surface area contributed by atoms with Crippen molar-refractivity contribution >= 4 is 41.3 Å². The number of esters is 1. The third-order valence-electron chi connectivity index (χ3n) is 4.27. The molecule has 2 atom stereocenters. The van der Waals surface area contributed by atoms with Gasteiger partial charge < -0.3 is 9.64 Å². The van der Waals surface area contributed by atoms with E-state index >= 15 is 0 Å². The quantitative estimate of drug-likeness (QED) is 0.512. The molecule has 3 rings (SSSR count). The average Bonchev–Trinajstić information content (AvgIpc) is 3.12. The second-order valence-corrected chi connectivity index (χ2v) is 8.22. The summed E-state index contributed by atoms with van der Waals surface area (Å²) in [6.45, 7) is 3.60. The zero-order valence-corrected chi connectivity index (χ0v) is 17.3. The molecule has 1 fully saturated rings. The highest BCUT2D eigenvalue weighted by molar-refractivity contribution is 7.99. The number of carbonyl (C=O) groups excluding carboxylic acids is 2. The molecule has 1 aliphatic rings. The minimum Gasteiger partial charge on any atom is -0.461 e. The van der Waals surface area contributed by atoms with Crippen molar-refractivity contribution in [3.63, 3.8) is 0 Å². The first-order chi connectivity index (χ1) is 13.5. The zero-order chi connectivity index (χ0) is 20.1. The zero-order valence-electron chi connectivity index (χ0n) is 15.7. The summed E-state index contributed by atoms with van der Waals surface area (Å²) in [6, 6.07) is 16.3. The van der Waals surface area contributed by atoms with E-state index in [0.29, 0.717) is 10.8 Å². The minimum absolute atomic E-state index is 0.242. The summed E-state index contributed by atoms with van der Waals surface area (Å²) < 4.78 is 5.39. The SMILES string of the molecule is CC(C)OC(=O)[C@H]1CS[C@@H](c2ccccc2Cl)N1C(=O)/C=C/c1ccccc1. The van der Waals surface area contributed by atoms with Gasteiger partial charge in [-0.25, -0.2) is 4.79 Å². The van der Waals surface area contributed by atoms with Crippen molar-refractivity contribution in [3.8, 4) is 0 Å². The van der Waals surface area contributed by atoms with Gasteiger partial charge in [-0.15, -0.1) is 11.8 Å². The number of hydrogen-bond donors (Lipinski definition) is 0. The number of hydrogen-bond acceptors (Lipinski definition) is 4. The Bertz CT molecular complexity index is 869. The second kappa shape index (κ2) is 9.30. The predicted octanol–water partition coefficient (Wildman–Crippen LogP) is 4.95. The van der Waals surface area contributed by atoms with Crippen LogP contribution in [0.4, 0.5) is 0 Å². The Morgan fingerprint density at radius 1 is 1.14 bits per heavy atom. The Morgan fingerprint density at radius 2 is 1.82 bits per heavy atom. The minimum atomic E-state index is -0.651. The van der Waals surface area contributed by atoms with Crippen molar-refractivity contribution in [1.82, 2.24) is 4.90 Å². The molecule has 0 radical (unpaired) electrons. The normalized spacial score (nSPS) is 19.4. The van der Waals surface area contributed by atoms with Crippen molar-refractivity contribution in [3.05, 3.63) is 76.8 Å². The number of ether oxygens (including phenoxy) is 1. The Balaban J connectivity index is 1.90. The molecule has 0 saturated carbocycles. The van der Waals surface area contributed by atoms with Crippen LogP contribution in [-0.2, 0) is 14.3 Å². The molecule has 0 unspecified atom stereocenters. The van der Waals surface area contributed by atoms with Crippen molar-refractivity contribution in [2.24, 2.45) is 0 Å². The Hall–Kier alpha value is -2.24. The van der Waals surface area contributed by atoms with Gasteiger partial charge in [0.2, 0.25) is 5.91 Å². The van der Waals surface area contributed by atoms with Gasteiger partial charge in [-0.2, -0.15) is 0 Å². The highest BCUT2D eigenvalue weighted by Crippen LogP contribution is 2.44. The summed E-state index contributed by atoms with van der Waals surface area (Å²) >= 11 is 7.89. The smallest absolute Gasteiger partial charge is 0.330 e. The van der Waals surface area contributed by atoms with Crippen LogP contribution < -0.4 is 0 Å². The van der Waals surface area contributed by atoms with E-state index in [1.807, 2.05) is 48.5 Å². The number of halogens is 1. The molecule has 4 nitrogen and oxygen atoms in total. The van der Waals surface area contributed by atoms with E-state index in [2.05, 4.69) is 0 Å². The van der Waals surface area contributed by atoms with Crippen LogP contribution in [0.3, 0.4) is 0 Å². The van der Waals surface area contributed by atoms with E-state index < -0.39 is 12.0 Å². The van der Waals surface area contributed by atoms with E-state index in [9.17, 15) is 9.59 Å². The number of amides is 1. The number of rotatable bonds is 5. The second-order valence-electron chi connectivity index (χ2n) is 6.70. The summed E-state index contributed by atoms with van der Waals surface area (Å²) in [7, 11) is 0. The summed E-state index contributed by atoms with van der Waals surface area (Å²) in [5.74, 6) is -0.171. The molecule has 6 heteroatoms. The third kappa shape index (κ3) is 4.78. The lowest BCUT2D eigenvalue weighted by Crippen LogP contribution is -2.43. The topological polar surface area (TPSA) is 46.6 Å². The fraction of sp³-hybridized carbons (Fsp3) is 0.273. The van der Waals surface area contributed by atoms with E-state index in [1.54, 1.807) is 30.9 Å². The molecule has 0 aliphatic carbocycles.